The molecule has 16 heavy (non-hydrogen) atoms. The zero-order valence-electron chi connectivity index (χ0n) is 9.93. The lowest BCUT2D eigenvalue weighted by Crippen LogP contribution is -2.26. The number of carboxylic acid groups (broad SMARTS) is 1. The summed E-state index contributed by atoms with van der Waals surface area (Å²) in [5.74, 6) is -0.461. The maximum atomic E-state index is 10.9. The van der Waals surface area contributed by atoms with Gasteiger partial charge < -0.3 is 9.84 Å². The van der Waals surface area contributed by atoms with Gasteiger partial charge in [0.15, 0.2) is 0 Å². The summed E-state index contributed by atoms with van der Waals surface area (Å²) in [6, 6.07) is 7.62. The van der Waals surface area contributed by atoms with E-state index >= 15 is 0 Å². The first-order valence-corrected chi connectivity index (χ1v) is 5.43. The van der Waals surface area contributed by atoms with E-state index in [0.717, 1.165) is 11.3 Å². The van der Waals surface area contributed by atoms with Crippen molar-refractivity contribution in [2.24, 2.45) is 11.8 Å². The zero-order chi connectivity index (χ0) is 12.1. The van der Waals surface area contributed by atoms with Crippen LogP contribution in [0.4, 0.5) is 0 Å². The highest BCUT2D eigenvalue weighted by atomic mass is 16.5. The van der Waals surface area contributed by atoms with E-state index in [0.29, 0.717) is 0 Å². The minimum atomic E-state index is -0.803. The van der Waals surface area contributed by atoms with E-state index in [4.69, 9.17) is 9.84 Å². The van der Waals surface area contributed by atoms with Gasteiger partial charge in [0.25, 0.3) is 0 Å². The molecule has 3 nitrogen and oxygen atoms in total. The molecule has 1 rings (SSSR count). The number of rotatable bonds is 5. The fourth-order valence-corrected chi connectivity index (χ4v) is 1.44. The lowest BCUT2D eigenvalue weighted by atomic mass is 9.97. The van der Waals surface area contributed by atoms with E-state index in [9.17, 15) is 4.79 Å². The molecular weight excluding hydrogens is 204 g/mol. The van der Waals surface area contributed by atoms with Crippen LogP contribution in [0.5, 0.6) is 5.75 Å². The molecule has 0 aromatic heterocycles. The van der Waals surface area contributed by atoms with Crippen LogP contribution in [0.15, 0.2) is 24.3 Å². The molecule has 0 radical (unpaired) electrons. The summed E-state index contributed by atoms with van der Waals surface area (Å²) >= 11 is 0. The Bertz CT molecular complexity index is 358. The third kappa shape index (κ3) is 3.57. The predicted octanol–water partition coefficient (Wildman–Crippen LogP) is 2.73. The Balaban J connectivity index is 2.59. The first-order chi connectivity index (χ1) is 7.50. The molecule has 0 saturated carbocycles. The molecule has 0 fully saturated rings. The van der Waals surface area contributed by atoms with Gasteiger partial charge in [0, 0.05) is 0 Å². The lowest BCUT2D eigenvalue weighted by Gasteiger charge is -2.16. The maximum Gasteiger partial charge on any atom is 0.310 e. The molecule has 1 atom stereocenters. The van der Waals surface area contributed by atoms with Crippen LogP contribution >= 0.6 is 0 Å². The molecule has 1 N–H and O–H groups in total. The van der Waals surface area contributed by atoms with Crippen molar-refractivity contribution in [3.63, 3.8) is 0 Å². The van der Waals surface area contributed by atoms with Gasteiger partial charge in [-0.3, -0.25) is 4.79 Å². The van der Waals surface area contributed by atoms with Crippen LogP contribution in [-0.2, 0) is 4.79 Å². The second-order valence-corrected chi connectivity index (χ2v) is 4.32. The molecule has 88 valence electrons. The van der Waals surface area contributed by atoms with Gasteiger partial charge in [-0.05, 0) is 30.5 Å². The third-order valence-electron chi connectivity index (χ3n) is 2.54. The van der Waals surface area contributed by atoms with Crippen molar-refractivity contribution in [3.8, 4) is 5.75 Å². The summed E-state index contributed by atoms with van der Waals surface area (Å²) < 4.78 is 5.49. The molecule has 3 heteroatoms. The fourth-order valence-electron chi connectivity index (χ4n) is 1.44. The minimum absolute atomic E-state index is 0.0716. The highest BCUT2D eigenvalue weighted by molar-refractivity contribution is 5.70. The van der Waals surface area contributed by atoms with Crippen molar-refractivity contribution in [2.45, 2.75) is 20.8 Å². The second kappa shape index (κ2) is 5.54. The Kier molecular flexibility index (Phi) is 4.35. The van der Waals surface area contributed by atoms with Gasteiger partial charge >= 0.3 is 5.97 Å². The normalized spacial score (nSPS) is 12.5. The molecule has 0 spiro atoms. The number of hydrogen-bond acceptors (Lipinski definition) is 2. The number of ether oxygens (including phenoxy) is 1. The van der Waals surface area contributed by atoms with Crippen LogP contribution in [-0.4, -0.2) is 17.7 Å². The predicted molar refractivity (Wildman–Crippen MR) is 62.6 cm³/mol. The van der Waals surface area contributed by atoms with Gasteiger partial charge in [0.2, 0.25) is 0 Å². The molecule has 0 saturated heterocycles. The number of benzene rings is 1. The number of aryl methyl sites for hydroxylation is 1. The number of carbonyl (C=O) groups is 1. The summed E-state index contributed by atoms with van der Waals surface area (Å²) in [5, 5.41) is 9.00. The maximum absolute atomic E-state index is 10.9. The summed E-state index contributed by atoms with van der Waals surface area (Å²) in [6.45, 7) is 5.97. The van der Waals surface area contributed by atoms with E-state index < -0.39 is 11.9 Å². The van der Waals surface area contributed by atoms with Gasteiger partial charge in [0.1, 0.15) is 12.4 Å². The van der Waals surface area contributed by atoms with Crippen LogP contribution in [0.1, 0.15) is 19.4 Å². The summed E-state index contributed by atoms with van der Waals surface area (Å²) in [5.41, 5.74) is 1.11. The Labute approximate surface area is 96.1 Å². The average molecular weight is 222 g/mol. The Morgan fingerprint density at radius 1 is 1.44 bits per heavy atom. The largest absolute Gasteiger partial charge is 0.493 e. The van der Waals surface area contributed by atoms with Crippen LogP contribution < -0.4 is 4.74 Å². The van der Waals surface area contributed by atoms with Crippen molar-refractivity contribution in [1.29, 1.82) is 0 Å². The highest BCUT2D eigenvalue weighted by Gasteiger charge is 2.22. The molecule has 1 aromatic rings. The topological polar surface area (TPSA) is 46.5 Å². The van der Waals surface area contributed by atoms with Gasteiger partial charge in [-0.25, -0.2) is 0 Å². The highest BCUT2D eigenvalue weighted by Crippen LogP contribution is 2.16. The summed E-state index contributed by atoms with van der Waals surface area (Å²) in [7, 11) is 0. The molecule has 0 amide bonds. The molecule has 0 bridgehead atoms. The Hall–Kier alpha value is -1.51. The minimum Gasteiger partial charge on any atom is -0.493 e. The first kappa shape index (κ1) is 12.6. The fraction of sp³-hybridized carbons (Fsp3) is 0.462. The van der Waals surface area contributed by atoms with Gasteiger partial charge in [-0.2, -0.15) is 0 Å². The van der Waals surface area contributed by atoms with Crippen molar-refractivity contribution < 1.29 is 14.6 Å². The van der Waals surface area contributed by atoms with Crippen molar-refractivity contribution >= 4 is 5.97 Å². The lowest BCUT2D eigenvalue weighted by molar-refractivity contribution is -0.144. The van der Waals surface area contributed by atoms with E-state index in [1.807, 2.05) is 45.0 Å². The van der Waals surface area contributed by atoms with Crippen molar-refractivity contribution in [3.05, 3.63) is 29.8 Å². The third-order valence-corrected chi connectivity index (χ3v) is 2.54. The van der Waals surface area contributed by atoms with Crippen LogP contribution in [0.2, 0.25) is 0 Å². The Morgan fingerprint density at radius 3 is 2.62 bits per heavy atom. The SMILES string of the molecule is Cc1cccc(OCC(C(=O)O)C(C)C)c1. The number of hydrogen-bond donors (Lipinski definition) is 1. The molecule has 1 aromatic carbocycles. The molecule has 0 aliphatic carbocycles. The van der Waals surface area contributed by atoms with Gasteiger partial charge in [-0.1, -0.05) is 26.0 Å². The van der Waals surface area contributed by atoms with Crippen molar-refractivity contribution in [2.75, 3.05) is 6.61 Å². The van der Waals surface area contributed by atoms with Crippen LogP contribution in [0, 0.1) is 18.8 Å². The zero-order valence-corrected chi connectivity index (χ0v) is 9.93. The van der Waals surface area contributed by atoms with Crippen molar-refractivity contribution in [1.82, 2.24) is 0 Å². The summed E-state index contributed by atoms with van der Waals surface area (Å²) in [6.07, 6.45) is 0. The van der Waals surface area contributed by atoms with Gasteiger partial charge in [0.05, 0.1) is 5.92 Å². The van der Waals surface area contributed by atoms with E-state index in [-0.39, 0.29) is 12.5 Å². The smallest absolute Gasteiger partial charge is 0.310 e. The first-order valence-electron chi connectivity index (χ1n) is 5.43. The van der Waals surface area contributed by atoms with Crippen LogP contribution in [0.3, 0.4) is 0 Å². The standard InChI is InChI=1S/C13H18O3/c1-9(2)12(13(14)15)8-16-11-6-4-5-10(3)7-11/h4-7,9,12H,8H2,1-3H3,(H,14,15). The van der Waals surface area contributed by atoms with E-state index in [1.54, 1.807) is 0 Å². The quantitative estimate of drug-likeness (QED) is 0.833. The second-order valence-electron chi connectivity index (χ2n) is 4.32. The summed E-state index contributed by atoms with van der Waals surface area (Å²) in [4.78, 5) is 10.9. The number of carboxylic acids is 1. The van der Waals surface area contributed by atoms with Crippen LogP contribution in [0.25, 0.3) is 0 Å². The van der Waals surface area contributed by atoms with Gasteiger partial charge in [-0.15, -0.1) is 0 Å². The average Bonchev–Trinajstić information content (AvgIpc) is 2.16. The molecule has 0 aliphatic heterocycles. The van der Waals surface area contributed by atoms with E-state index in [2.05, 4.69) is 0 Å². The Morgan fingerprint density at radius 2 is 2.12 bits per heavy atom. The molecular formula is C13H18O3. The monoisotopic (exact) mass is 222 g/mol. The molecule has 0 heterocycles. The molecule has 1 unspecified atom stereocenters. The molecule has 0 aliphatic rings. The number of aliphatic carboxylic acids is 1. The van der Waals surface area contributed by atoms with E-state index in [1.165, 1.54) is 0 Å².